The number of nitrogens with one attached hydrogen (secondary N) is 1. The van der Waals surface area contributed by atoms with Gasteiger partial charge in [-0.25, -0.2) is 0 Å². The first-order chi connectivity index (χ1) is 9.88. The molecule has 0 bridgehead atoms. The summed E-state index contributed by atoms with van der Waals surface area (Å²) < 4.78 is 5.64. The Bertz CT molecular complexity index is 578. The number of carbonyl (C=O) groups is 2. The third-order valence-electron chi connectivity index (χ3n) is 2.90. The van der Waals surface area contributed by atoms with Crippen molar-refractivity contribution >= 4 is 33.3 Å². The van der Waals surface area contributed by atoms with Crippen LogP contribution in [0.4, 0.5) is 5.69 Å². The molecule has 112 valence electrons. The van der Waals surface area contributed by atoms with Crippen LogP contribution in [0.25, 0.3) is 0 Å². The molecule has 0 heterocycles. The first-order valence-electron chi connectivity index (χ1n) is 6.29. The lowest BCUT2D eigenvalue weighted by Crippen LogP contribution is -2.30. The zero-order chi connectivity index (χ0) is 15.6. The van der Waals surface area contributed by atoms with Crippen LogP contribution < -0.4 is 10.1 Å². The van der Waals surface area contributed by atoms with E-state index in [0.29, 0.717) is 4.47 Å². The molecule has 0 saturated heterocycles. The second kappa shape index (κ2) is 6.21. The van der Waals surface area contributed by atoms with Crippen molar-refractivity contribution in [2.75, 3.05) is 6.61 Å². The van der Waals surface area contributed by atoms with Gasteiger partial charge >= 0.3 is 5.69 Å². The summed E-state index contributed by atoms with van der Waals surface area (Å²) in [6.07, 6.45) is 1.87. The summed E-state index contributed by atoms with van der Waals surface area (Å²) in [5.41, 5.74) is -0.288. The fourth-order valence-corrected chi connectivity index (χ4v) is 2.21. The van der Waals surface area contributed by atoms with E-state index in [4.69, 9.17) is 4.74 Å². The van der Waals surface area contributed by atoms with E-state index in [1.165, 1.54) is 19.1 Å². The molecule has 21 heavy (non-hydrogen) atoms. The topological polar surface area (TPSA) is 98.5 Å². The molecular formula is C13H13BrN2O5. The number of nitrogens with zero attached hydrogens (tertiary/aromatic N) is 1. The van der Waals surface area contributed by atoms with Gasteiger partial charge in [-0.2, -0.15) is 0 Å². The van der Waals surface area contributed by atoms with Crippen LogP contribution in [0, 0.1) is 10.1 Å². The summed E-state index contributed by atoms with van der Waals surface area (Å²) >= 11 is 3.11. The molecule has 1 aliphatic carbocycles. The Kier molecular flexibility index (Phi) is 4.56. The Morgan fingerprint density at radius 3 is 2.67 bits per heavy atom. The SMILES string of the molecule is CC(=O)c1cc(Br)cc([N+](=O)[O-])c1OCC(=O)NC1CC1. The Balaban J connectivity index is 2.23. The smallest absolute Gasteiger partial charge is 0.312 e. The molecule has 7 nitrogen and oxygen atoms in total. The number of ketones is 1. The van der Waals surface area contributed by atoms with Crippen LogP contribution in [0.1, 0.15) is 30.1 Å². The maximum atomic E-state index is 11.6. The Morgan fingerprint density at radius 1 is 1.48 bits per heavy atom. The highest BCUT2D eigenvalue weighted by atomic mass is 79.9. The zero-order valence-electron chi connectivity index (χ0n) is 11.2. The molecule has 1 N–H and O–H groups in total. The highest BCUT2D eigenvalue weighted by Gasteiger charge is 2.26. The zero-order valence-corrected chi connectivity index (χ0v) is 12.8. The predicted molar refractivity (Wildman–Crippen MR) is 77.5 cm³/mol. The van der Waals surface area contributed by atoms with Gasteiger partial charge in [-0.3, -0.25) is 19.7 Å². The van der Waals surface area contributed by atoms with E-state index in [1.807, 2.05) is 0 Å². The lowest BCUT2D eigenvalue weighted by molar-refractivity contribution is -0.385. The summed E-state index contributed by atoms with van der Waals surface area (Å²) in [4.78, 5) is 33.6. The third-order valence-corrected chi connectivity index (χ3v) is 3.36. The van der Waals surface area contributed by atoms with Crippen molar-refractivity contribution in [1.29, 1.82) is 0 Å². The van der Waals surface area contributed by atoms with Crippen molar-refractivity contribution in [3.8, 4) is 5.75 Å². The number of benzene rings is 1. The molecule has 0 spiro atoms. The molecule has 2 rings (SSSR count). The highest BCUT2D eigenvalue weighted by Crippen LogP contribution is 2.35. The average molecular weight is 357 g/mol. The van der Waals surface area contributed by atoms with E-state index >= 15 is 0 Å². The molecule has 1 amide bonds. The van der Waals surface area contributed by atoms with Crippen LogP contribution in [-0.4, -0.2) is 29.3 Å². The van der Waals surface area contributed by atoms with Gasteiger partial charge in [-0.05, 0) is 25.8 Å². The van der Waals surface area contributed by atoms with Gasteiger partial charge in [0, 0.05) is 16.6 Å². The maximum Gasteiger partial charge on any atom is 0.312 e. The second-order valence-corrected chi connectivity index (χ2v) is 5.66. The van der Waals surface area contributed by atoms with E-state index in [1.54, 1.807) is 0 Å². The van der Waals surface area contributed by atoms with Crippen molar-refractivity contribution in [2.45, 2.75) is 25.8 Å². The maximum absolute atomic E-state index is 11.6. The van der Waals surface area contributed by atoms with Gasteiger partial charge in [0.15, 0.2) is 12.4 Å². The molecule has 1 aliphatic rings. The van der Waals surface area contributed by atoms with Gasteiger partial charge in [0.05, 0.1) is 10.5 Å². The summed E-state index contributed by atoms with van der Waals surface area (Å²) in [5.74, 6) is -0.914. The van der Waals surface area contributed by atoms with E-state index < -0.39 is 4.92 Å². The van der Waals surface area contributed by atoms with E-state index in [0.717, 1.165) is 12.8 Å². The van der Waals surface area contributed by atoms with Gasteiger partial charge in [0.2, 0.25) is 5.75 Å². The monoisotopic (exact) mass is 356 g/mol. The first kappa shape index (κ1) is 15.4. The van der Waals surface area contributed by atoms with Gasteiger partial charge in [-0.1, -0.05) is 15.9 Å². The number of Topliss-reactive ketones (excluding diaryl/α,β-unsaturated/α-hetero) is 1. The minimum Gasteiger partial charge on any atom is -0.476 e. The Labute approximate surface area is 128 Å². The minimum atomic E-state index is -0.647. The molecule has 0 aromatic heterocycles. The predicted octanol–water partition coefficient (Wildman–Crippen LogP) is 2.22. The van der Waals surface area contributed by atoms with Crippen LogP contribution in [0.2, 0.25) is 0 Å². The summed E-state index contributed by atoms with van der Waals surface area (Å²) in [6.45, 7) is 0.919. The summed E-state index contributed by atoms with van der Waals surface area (Å²) in [7, 11) is 0. The van der Waals surface area contributed by atoms with Crippen molar-refractivity contribution in [3.05, 3.63) is 32.3 Å². The van der Waals surface area contributed by atoms with Crippen LogP contribution in [0.3, 0.4) is 0 Å². The molecule has 0 radical (unpaired) electrons. The standard InChI is InChI=1S/C13H13BrN2O5/c1-7(17)10-4-8(14)5-11(16(19)20)13(10)21-6-12(18)15-9-2-3-9/h4-5,9H,2-3,6H2,1H3,(H,15,18). The quantitative estimate of drug-likeness (QED) is 0.478. The van der Waals surface area contributed by atoms with E-state index in [2.05, 4.69) is 21.2 Å². The largest absolute Gasteiger partial charge is 0.476 e. The van der Waals surface area contributed by atoms with E-state index in [9.17, 15) is 19.7 Å². The van der Waals surface area contributed by atoms with E-state index in [-0.39, 0.29) is 41.3 Å². The Hall–Kier alpha value is -1.96. The lowest BCUT2D eigenvalue weighted by atomic mass is 10.1. The number of rotatable bonds is 6. The van der Waals surface area contributed by atoms with Crippen LogP contribution in [0.5, 0.6) is 5.75 Å². The molecule has 0 aliphatic heterocycles. The highest BCUT2D eigenvalue weighted by molar-refractivity contribution is 9.10. The number of ether oxygens (including phenoxy) is 1. The summed E-state index contributed by atoms with van der Waals surface area (Å²) in [6, 6.07) is 2.84. The molecule has 1 aromatic rings. The van der Waals surface area contributed by atoms with Crippen LogP contribution >= 0.6 is 15.9 Å². The fraction of sp³-hybridized carbons (Fsp3) is 0.385. The number of halogens is 1. The van der Waals surface area contributed by atoms with Crippen LogP contribution in [-0.2, 0) is 4.79 Å². The van der Waals surface area contributed by atoms with Crippen molar-refractivity contribution in [3.63, 3.8) is 0 Å². The molecule has 1 saturated carbocycles. The molecule has 1 fully saturated rings. The second-order valence-electron chi connectivity index (χ2n) is 4.75. The fourth-order valence-electron chi connectivity index (χ4n) is 1.76. The molecule has 0 unspecified atom stereocenters. The van der Waals surface area contributed by atoms with Crippen molar-refractivity contribution in [1.82, 2.24) is 5.32 Å². The minimum absolute atomic E-state index is 0.0651. The molecule has 1 aromatic carbocycles. The molecule has 0 atom stereocenters. The first-order valence-corrected chi connectivity index (χ1v) is 7.09. The number of nitro benzene ring substituents is 1. The number of carbonyl (C=O) groups excluding carboxylic acids is 2. The number of hydrogen-bond acceptors (Lipinski definition) is 5. The lowest BCUT2D eigenvalue weighted by Gasteiger charge is -2.11. The average Bonchev–Trinajstić information content (AvgIpc) is 3.19. The van der Waals surface area contributed by atoms with Crippen molar-refractivity contribution < 1.29 is 19.2 Å². The van der Waals surface area contributed by atoms with Crippen molar-refractivity contribution in [2.24, 2.45) is 0 Å². The summed E-state index contributed by atoms with van der Waals surface area (Å²) in [5, 5.41) is 13.8. The number of hydrogen-bond donors (Lipinski definition) is 1. The van der Waals surface area contributed by atoms with Gasteiger partial charge < -0.3 is 10.1 Å². The number of amides is 1. The van der Waals surface area contributed by atoms with Crippen LogP contribution in [0.15, 0.2) is 16.6 Å². The Morgan fingerprint density at radius 2 is 2.14 bits per heavy atom. The normalized spacial score (nSPS) is 13.6. The van der Waals surface area contributed by atoms with Gasteiger partial charge in [-0.15, -0.1) is 0 Å². The molecular weight excluding hydrogens is 344 g/mol. The third kappa shape index (κ3) is 4.01. The van der Waals surface area contributed by atoms with Gasteiger partial charge in [0.1, 0.15) is 0 Å². The number of nitro groups is 1. The molecule has 8 heteroatoms. The van der Waals surface area contributed by atoms with Gasteiger partial charge in [0.25, 0.3) is 5.91 Å².